The number of hydrogen-bond donors (Lipinski definition) is 2. The summed E-state index contributed by atoms with van der Waals surface area (Å²) in [7, 11) is 0. The molecule has 1 aromatic carbocycles. The van der Waals surface area contributed by atoms with E-state index in [1.165, 1.54) is 16.7 Å². The highest BCUT2D eigenvalue weighted by Crippen LogP contribution is 2.24. The number of carboxylic acids is 1. The molecule has 1 aliphatic carbocycles. The number of aryl methyl sites for hydroxylation is 3. The van der Waals surface area contributed by atoms with E-state index in [0.717, 1.165) is 19.3 Å². The number of carbonyl (C=O) groups is 2. The van der Waals surface area contributed by atoms with Gasteiger partial charge in [0.25, 0.3) is 0 Å². The van der Waals surface area contributed by atoms with E-state index in [1.807, 2.05) is 0 Å². The van der Waals surface area contributed by atoms with Gasteiger partial charge in [-0.2, -0.15) is 0 Å². The summed E-state index contributed by atoms with van der Waals surface area (Å²) in [5.74, 6) is -0.874. The summed E-state index contributed by atoms with van der Waals surface area (Å²) in [5.41, 5.74) is 3.65. The maximum Gasteiger partial charge on any atom is 0.306 e. The molecule has 0 aromatic heterocycles. The van der Waals surface area contributed by atoms with Crippen LogP contribution in [0.3, 0.4) is 0 Å². The number of hydrogen-bond acceptors (Lipinski definition) is 2. The van der Waals surface area contributed by atoms with Gasteiger partial charge >= 0.3 is 5.97 Å². The summed E-state index contributed by atoms with van der Waals surface area (Å²) < 4.78 is 0. The number of carbonyl (C=O) groups excluding carboxylic acids is 1. The average Bonchev–Trinajstić information content (AvgIpc) is 2.45. The van der Waals surface area contributed by atoms with E-state index in [-0.39, 0.29) is 17.9 Å². The number of aliphatic carboxylic acids is 1. The van der Waals surface area contributed by atoms with Gasteiger partial charge in [-0.15, -0.1) is 0 Å². The molecular formula is C18H25NO3. The van der Waals surface area contributed by atoms with Crippen LogP contribution in [0.15, 0.2) is 18.2 Å². The van der Waals surface area contributed by atoms with E-state index in [0.29, 0.717) is 19.3 Å². The summed E-state index contributed by atoms with van der Waals surface area (Å²) >= 11 is 0. The van der Waals surface area contributed by atoms with Gasteiger partial charge in [-0.05, 0) is 51.5 Å². The van der Waals surface area contributed by atoms with Crippen molar-refractivity contribution in [1.82, 2.24) is 5.32 Å². The van der Waals surface area contributed by atoms with Gasteiger partial charge in [0.15, 0.2) is 0 Å². The van der Waals surface area contributed by atoms with Gasteiger partial charge in [0.2, 0.25) is 5.91 Å². The van der Waals surface area contributed by atoms with Crippen molar-refractivity contribution in [3.63, 3.8) is 0 Å². The Labute approximate surface area is 131 Å². The largest absolute Gasteiger partial charge is 0.481 e. The molecule has 4 nitrogen and oxygen atoms in total. The summed E-state index contributed by atoms with van der Waals surface area (Å²) in [6.07, 6.45) is 4.10. The van der Waals surface area contributed by atoms with Crippen molar-refractivity contribution >= 4 is 11.9 Å². The van der Waals surface area contributed by atoms with Crippen LogP contribution < -0.4 is 5.32 Å². The van der Waals surface area contributed by atoms with Crippen LogP contribution in [0.5, 0.6) is 0 Å². The second-order valence-electron chi connectivity index (χ2n) is 6.45. The van der Waals surface area contributed by atoms with Gasteiger partial charge in [0.1, 0.15) is 0 Å². The van der Waals surface area contributed by atoms with Crippen molar-refractivity contribution in [3.8, 4) is 0 Å². The molecule has 0 aliphatic heterocycles. The molecule has 22 heavy (non-hydrogen) atoms. The average molecular weight is 303 g/mol. The Morgan fingerprint density at radius 2 is 1.68 bits per heavy atom. The first-order chi connectivity index (χ1) is 10.4. The molecule has 0 radical (unpaired) electrons. The first kappa shape index (κ1) is 16.5. The molecule has 1 fully saturated rings. The SMILES string of the molecule is Cc1cc(C)cc(CCC(=O)NC2CCC(C(=O)O)CC2)c1. The smallest absolute Gasteiger partial charge is 0.306 e. The Morgan fingerprint density at radius 3 is 2.23 bits per heavy atom. The Morgan fingerprint density at radius 1 is 1.09 bits per heavy atom. The summed E-state index contributed by atoms with van der Waals surface area (Å²) in [5, 5.41) is 12.0. The lowest BCUT2D eigenvalue weighted by molar-refractivity contribution is -0.142. The predicted molar refractivity (Wildman–Crippen MR) is 85.8 cm³/mol. The molecule has 1 aromatic rings. The molecule has 0 atom stereocenters. The lowest BCUT2D eigenvalue weighted by Gasteiger charge is -2.26. The fourth-order valence-corrected chi connectivity index (χ4v) is 3.26. The lowest BCUT2D eigenvalue weighted by Crippen LogP contribution is -2.38. The highest BCUT2D eigenvalue weighted by molar-refractivity contribution is 5.76. The number of benzene rings is 1. The molecule has 0 heterocycles. The minimum Gasteiger partial charge on any atom is -0.481 e. The summed E-state index contributed by atoms with van der Waals surface area (Å²) in [6, 6.07) is 6.52. The maximum atomic E-state index is 12.0. The molecule has 1 amide bonds. The zero-order chi connectivity index (χ0) is 16.1. The molecular weight excluding hydrogens is 278 g/mol. The minimum atomic E-state index is -0.709. The van der Waals surface area contributed by atoms with Crippen molar-refractivity contribution in [2.24, 2.45) is 5.92 Å². The fraction of sp³-hybridized carbons (Fsp3) is 0.556. The van der Waals surface area contributed by atoms with Crippen LogP contribution >= 0.6 is 0 Å². The predicted octanol–water partition coefficient (Wildman–Crippen LogP) is 3.00. The maximum absolute atomic E-state index is 12.0. The van der Waals surface area contributed by atoms with Gasteiger partial charge in [0, 0.05) is 12.5 Å². The Kier molecular flexibility index (Phi) is 5.58. The van der Waals surface area contributed by atoms with Crippen molar-refractivity contribution in [2.45, 2.75) is 58.4 Å². The van der Waals surface area contributed by atoms with E-state index in [9.17, 15) is 9.59 Å². The number of carboxylic acid groups (broad SMARTS) is 1. The quantitative estimate of drug-likeness (QED) is 0.878. The van der Waals surface area contributed by atoms with Crippen molar-refractivity contribution in [1.29, 1.82) is 0 Å². The van der Waals surface area contributed by atoms with Crippen LogP contribution in [0.1, 0.15) is 48.8 Å². The number of amides is 1. The lowest BCUT2D eigenvalue weighted by atomic mass is 9.86. The van der Waals surface area contributed by atoms with Gasteiger partial charge in [-0.1, -0.05) is 29.3 Å². The molecule has 0 saturated heterocycles. The third kappa shape index (κ3) is 4.86. The van der Waals surface area contributed by atoms with E-state index in [1.54, 1.807) is 0 Å². The van der Waals surface area contributed by atoms with Crippen molar-refractivity contribution in [2.75, 3.05) is 0 Å². The van der Waals surface area contributed by atoms with Crippen molar-refractivity contribution in [3.05, 3.63) is 34.9 Å². The Bertz CT molecular complexity index is 525. The standard InChI is InChI=1S/C18H25NO3/c1-12-9-13(2)11-14(10-12)3-8-17(20)19-16-6-4-15(5-7-16)18(21)22/h9-11,15-16H,3-8H2,1-2H3,(H,19,20)(H,21,22). The highest BCUT2D eigenvalue weighted by Gasteiger charge is 2.26. The first-order valence-electron chi connectivity index (χ1n) is 8.03. The molecule has 0 spiro atoms. The summed E-state index contributed by atoms with van der Waals surface area (Å²) in [6.45, 7) is 4.13. The van der Waals surface area contributed by atoms with E-state index in [2.05, 4.69) is 37.4 Å². The van der Waals surface area contributed by atoms with Crippen molar-refractivity contribution < 1.29 is 14.7 Å². The second-order valence-corrected chi connectivity index (χ2v) is 6.45. The third-order valence-electron chi connectivity index (χ3n) is 4.36. The molecule has 2 rings (SSSR count). The molecule has 0 unspecified atom stereocenters. The number of rotatable bonds is 5. The Hall–Kier alpha value is -1.84. The van der Waals surface area contributed by atoms with Gasteiger partial charge in [0.05, 0.1) is 5.92 Å². The van der Waals surface area contributed by atoms with Crippen LogP contribution in [0.25, 0.3) is 0 Å². The molecule has 120 valence electrons. The van der Waals surface area contributed by atoms with Crippen LogP contribution in [-0.2, 0) is 16.0 Å². The van der Waals surface area contributed by atoms with Crippen LogP contribution in [-0.4, -0.2) is 23.0 Å². The summed E-state index contributed by atoms with van der Waals surface area (Å²) in [4.78, 5) is 23.0. The zero-order valence-electron chi connectivity index (χ0n) is 13.4. The van der Waals surface area contributed by atoms with Gasteiger partial charge < -0.3 is 10.4 Å². The van der Waals surface area contributed by atoms with Crippen LogP contribution in [0.2, 0.25) is 0 Å². The van der Waals surface area contributed by atoms with Crippen LogP contribution in [0.4, 0.5) is 0 Å². The second kappa shape index (κ2) is 7.43. The first-order valence-corrected chi connectivity index (χ1v) is 8.03. The highest BCUT2D eigenvalue weighted by atomic mass is 16.4. The fourth-order valence-electron chi connectivity index (χ4n) is 3.26. The molecule has 1 saturated carbocycles. The van der Waals surface area contributed by atoms with E-state index >= 15 is 0 Å². The molecule has 2 N–H and O–H groups in total. The Balaban J connectivity index is 1.75. The normalized spacial score (nSPS) is 21.4. The van der Waals surface area contributed by atoms with E-state index in [4.69, 9.17) is 5.11 Å². The topological polar surface area (TPSA) is 66.4 Å². The van der Waals surface area contributed by atoms with E-state index < -0.39 is 5.97 Å². The van der Waals surface area contributed by atoms with Crippen LogP contribution in [0, 0.1) is 19.8 Å². The van der Waals surface area contributed by atoms with Gasteiger partial charge in [-0.3, -0.25) is 9.59 Å². The van der Waals surface area contributed by atoms with Gasteiger partial charge in [-0.25, -0.2) is 0 Å². The zero-order valence-corrected chi connectivity index (χ0v) is 13.4. The monoisotopic (exact) mass is 303 g/mol. The molecule has 4 heteroatoms. The number of nitrogens with one attached hydrogen (secondary N) is 1. The third-order valence-corrected chi connectivity index (χ3v) is 4.36. The molecule has 0 bridgehead atoms. The minimum absolute atomic E-state index is 0.0675. The molecule has 1 aliphatic rings.